The van der Waals surface area contributed by atoms with Crippen LogP contribution in [0.3, 0.4) is 0 Å². The highest BCUT2D eigenvalue weighted by Crippen LogP contribution is 2.33. The predicted octanol–water partition coefficient (Wildman–Crippen LogP) is 0.862. The van der Waals surface area contributed by atoms with E-state index in [9.17, 15) is 9.59 Å². The molecule has 1 aliphatic heterocycles. The summed E-state index contributed by atoms with van der Waals surface area (Å²) >= 11 is 0. The lowest BCUT2D eigenvalue weighted by Gasteiger charge is -2.23. The Bertz CT molecular complexity index is 260. The summed E-state index contributed by atoms with van der Waals surface area (Å²) in [5, 5.41) is 8.69. The molecule has 0 radical (unpaired) electrons. The summed E-state index contributed by atoms with van der Waals surface area (Å²) < 4.78 is 0. The van der Waals surface area contributed by atoms with E-state index >= 15 is 0 Å². The van der Waals surface area contributed by atoms with Crippen molar-refractivity contribution in [3.05, 3.63) is 0 Å². The van der Waals surface area contributed by atoms with Gasteiger partial charge in [0.15, 0.2) is 0 Å². The molecular weight excluding hydrogens is 182 g/mol. The van der Waals surface area contributed by atoms with Gasteiger partial charge in [-0.25, -0.2) is 0 Å². The van der Waals surface area contributed by atoms with Gasteiger partial charge in [0.1, 0.15) is 0 Å². The SMILES string of the molecule is O=C(O)CC1CCC(=O)N1CC1CC1. The zero-order chi connectivity index (χ0) is 10.1. The van der Waals surface area contributed by atoms with Crippen molar-refractivity contribution >= 4 is 11.9 Å². The normalized spacial score (nSPS) is 27.0. The summed E-state index contributed by atoms with van der Waals surface area (Å²) in [5.41, 5.74) is 0. The average molecular weight is 197 g/mol. The molecule has 1 aliphatic carbocycles. The third kappa shape index (κ3) is 2.05. The van der Waals surface area contributed by atoms with Gasteiger partial charge in [-0.2, -0.15) is 0 Å². The number of likely N-dealkylation sites (tertiary alicyclic amines) is 1. The maximum Gasteiger partial charge on any atom is 0.305 e. The van der Waals surface area contributed by atoms with Gasteiger partial charge in [0.2, 0.25) is 5.91 Å². The third-order valence-corrected chi connectivity index (χ3v) is 3.01. The first-order chi connectivity index (χ1) is 6.66. The lowest BCUT2D eigenvalue weighted by atomic mass is 10.1. The van der Waals surface area contributed by atoms with E-state index in [2.05, 4.69) is 0 Å². The molecule has 1 heterocycles. The van der Waals surface area contributed by atoms with Crippen LogP contribution in [0.5, 0.6) is 0 Å². The van der Waals surface area contributed by atoms with Crippen LogP contribution < -0.4 is 0 Å². The zero-order valence-corrected chi connectivity index (χ0v) is 8.11. The van der Waals surface area contributed by atoms with Gasteiger partial charge in [-0.15, -0.1) is 0 Å². The monoisotopic (exact) mass is 197 g/mol. The van der Waals surface area contributed by atoms with Gasteiger partial charge in [-0.05, 0) is 25.2 Å². The van der Waals surface area contributed by atoms with Crippen LogP contribution in [0, 0.1) is 5.92 Å². The Kier molecular flexibility index (Phi) is 2.44. The summed E-state index contributed by atoms with van der Waals surface area (Å²) in [4.78, 5) is 23.8. The Balaban J connectivity index is 1.93. The van der Waals surface area contributed by atoms with Crippen molar-refractivity contribution in [3.8, 4) is 0 Å². The highest BCUT2D eigenvalue weighted by atomic mass is 16.4. The van der Waals surface area contributed by atoms with Gasteiger partial charge in [-0.1, -0.05) is 0 Å². The number of carboxylic acids is 1. The molecule has 1 N–H and O–H groups in total. The average Bonchev–Trinajstić information content (AvgIpc) is 2.85. The van der Waals surface area contributed by atoms with E-state index in [-0.39, 0.29) is 18.4 Å². The number of carboxylic acid groups (broad SMARTS) is 1. The van der Waals surface area contributed by atoms with Crippen LogP contribution in [-0.2, 0) is 9.59 Å². The maximum atomic E-state index is 11.5. The minimum Gasteiger partial charge on any atom is -0.481 e. The first-order valence-electron chi connectivity index (χ1n) is 5.18. The van der Waals surface area contributed by atoms with Crippen LogP contribution in [0.1, 0.15) is 32.1 Å². The van der Waals surface area contributed by atoms with Gasteiger partial charge in [0.25, 0.3) is 0 Å². The number of hydrogen-bond donors (Lipinski definition) is 1. The van der Waals surface area contributed by atoms with Crippen LogP contribution in [0.2, 0.25) is 0 Å². The molecule has 0 aromatic heterocycles. The molecule has 1 atom stereocenters. The number of hydrogen-bond acceptors (Lipinski definition) is 2. The lowest BCUT2D eigenvalue weighted by Crippen LogP contribution is -2.36. The van der Waals surface area contributed by atoms with Crippen LogP contribution in [0.15, 0.2) is 0 Å². The van der Waals surface area contributed by atoms with Crippen molar-refractivity contribution in [2.24, 2.45) is 5.92 Å². The summed E-state index contributed by atoms with van der Waals surface area (Å²) in [6, 6.07) is -0.0411. The smallest absolute Gasteiger partial charge is 0.305 e. The van der Waals surface area contributed by atoms with E-state index in [1.54, 1.807) is 4.90 Å². The summed E-state index contributed by atoms with van der Waals surface area (Å²) in [7, 11) is 0. The minimum absolute atomic E-state index is 0.0411. The number of rotatable bonds is 4. The number of aliphatic carboxylic acids is 1. The zero-order valence-electron chi connectivity index (χ0n) is 8.11. The second kappa shape index (κ2) is 3.59. The van der Waals surface area contributed by atoms with Crippen molar-refractivity contribution < 1.29 is 14.7 Å². The fraction of sp³-hybridized carbons (Fsp3) is 0.800. The quantitative estimate of drug-likeness (QED) is 0.727. The summed E-state index contributed by atoms with van der Waals surface area (Å²) in [5.74, 6) is -0.0120. The Labute approximate surface area is 82.9 Å². The highest BCUT2D eigenvalue weighted by Gasteiger charge is 2.36. The van der Waals surface area contributed by atoms with Crippen LogP contribution in [0.4, 0.5) is 0 Å². The number of nitrogens with zero attached hydrogens (tertiary/aromatic N) is 1. The summed E-state index contributed by atoms with van der Waals surface area (Å²) in [6.07, 6.45) is 3.76. The predicted molar refractivity (Wildman–Crippen MR) is 49.7 cm³/mol. The number of amides is 1. The number of carbonyl (C=O) groups excluding carboxylic acids is 1. The largest absolute Gasteiger partial charge is 0.481 e. The molecule has 0 bridgehead atoms. The van der Waals surface area contributed by atoms with E-state index in [0.717, 1.165) is 13.0 Å². The molecule has 0 spiro atoms. The topological polar surface area (TPSA) is 57.6 Å². The third-order valence-electron chi connectivity index (χ3n) is 3.01. The molecule has 0 aromatic carbocycles. The van der Waals surface area contributed by atoms with Crippen LogP contribution >= 0.6 is 0 Å². The fourth-order valence-electron chi connectivity index (χ4n) is 2.04. The van der Waals surface area contributed by atoms with Crippen molar-refractivity contribution in [1.82, 2.24) is 4.90 Å². The standard InChI is InChI=1S/C10H15NO3/c12-9-4-3-8(5-10(13)14)11(9)6-7-1-2-7/h7-8H,1-6H2,(H,13,14). The Morgan fingerprint density at radius 2 is 2.14 bits per heavy atom. The highest BCUT2D eigenvalue weighted by molar-refractivity contribution is 5.80. The molecule has 0 aromatic rings. The Morgan fingerprint density at radius 1 is 1.43 bits per heavy atom. The fourth-order valence-corrected chi connectivity index (χ4v) is 2.04. The first kappa shape index (κ1) is 9.49. The molecule has 2 fully saturated rings. The molecule has 4 heteroatoms. The van der Waals surface area contributed by atoms with Crippen molar-refractivity contribution in [2.45, 2.75) is 38.1 Å². The van der Waals surface area contributed by atoms with Crippen molar-refractivity contribution in [1.29, 1.82) is 0 Å². The van der Waals surface area contributed by atoms with Crippen molar-refractivity contribution in [3.63, 3.8) is 0 Å². The molecule has 1 amide bonds. The molecule has 1 saturated carbocycles. The molecule has 4 nitrogen and oxygen atoms in total. The van der Waals surface area contributed by atoms with Gasteiger partial charge in [0.05, 0.1) is 6.42 Å². The lowest BCUT2D eigenvalue weighted by molar-refractivity contribution is -0.139. The van der Waals surface area contributed by atoms with E-state index in [0.29, 0.717) is 12.3 Å². The summed E-state index contributed by atoms with van der Waals surface area (Å²) in [6.45, 7) is 0.788. The maximum absolute atomic E-state index is 11.5. The second-order valence-electron chi connectivity index (χ2n) is 4.28. The van der Waals surface area contributed by atoms with E-state index in [1.165, 1.54) is 12.8 Å². The van der Waals surface area contributed by atoms with E-state index < -0.39 is 5.97 Å². The molecule has 14 heavy (non-hydrogen) atoms. The van der Waals surface area contributed by atoms with E-state index in [1.807, 2.05) is 0 Å². The van der Waals surface area contributed by atoms with Gasteiger partial charge in [-0.3, -0.25) is 9.59 Å². The number of carbonyl (C=O) groups is 2. The van der Waals surface area contributed by atoms with E-state index in [4.69, 9.17) is 5.11 Å². The molecule has 78 valence electrons. The minimum atomic E-state index is -0.800. The molecule has 1 unspecified atom stereocenters. The molecule has 2 rings (SSSR count). The second-order valence-corrected chi connectivity index (χ2v) is 4.28. The van der Waals surface area contributed by atoms with Crippen LogP contribution in [0.25, 0.3) is 0 Å². The Hall–Kier alpha value is -1.06. The first-order valence-corrected chi connectivity index (χ1v) is 5.18. The molecule has 2 aliphatic rings. The van der Waals surface area contributed by atoms with Gasteiger partial charge < -0.3 is 10.0 Å². The van der Waals surface area contributed by atoms with Gasteiger partial charge >= 0.3 is 5.97 Å². The van der Waals surface area contributed by atoms with Crippen LogP contribution in [-0.4, -0.2) is 34.5 Å². The Morgan fingerprint density at radius 3 is 2.71 bits per heavy atom. The van der Waals surface area contributed by atoms with Crippen molar-refractivity contribution in [2.75, 3.05) is 6.54 Å². The van der Waals surface area contributed by atoms with Gasteiger partial charge in [0, 0.05) is 19.0 Å². The molecule has 1 saturated heterocycles. The molecular formula is C10H15NO3.